The highest BCUT2D eigenvalue weighted by molar-refractivity contribution is 9.12. The molecule has 0 radical (unpaired) electrons. The van der Waals surface area contributed by atoms with E-state index in [4.69, 9.17) is 0 Å². The van der Waals surface area contributed by atoms with Crippen molar-refractivity contribution in [1.82, 2.24) is 0 Å². The molecule has 0 aliphatic heterocycles. The van der Waals surface area contributed by atoms with Crippen LogP contribution in [0.15, 0.2) is 22.2 Å². The third-order valence-electron chi connectivity index (χ3n) is 3.61. The number of hydrogen-bond donors (Lipinski definition) is 0. The summed E-state index contributed by atoms with van der Waals surface area (Å²) in [6, 6.07) is 0. The van der Waals surface area contributed by atoms with E-state index >= 15 is 0 Å². The average molecular weight is 327 g/mol. The number of Topliss-reactive ketones (excluding diaryl/α,β-unsaturated/α-hetero) is 1. The van der Waals surface area contributed by atoms with Gasteiger partial charge in [-0.3, -0.25) is 4.79 Å². The molecular formula is C17H27BrO. The first-order chi connectivity index (χ1) is 9.06. The topological polar surface area (TPSA) is 17.1 Å². The van der Waals surface area contributed by atoms with Gasteiger partial charge >= 0.3 is 0 Å². The smallest absolute Gasteiger partial charge is 0.195 e. The Morgan fingerprint density at radius 2 is 1.84 bits per heavy atom. The molecule has 0 aromatic heterocycles. The highest BCUT2D eigenvalue weighted by Crippen LogP contribution is 2.34. The summed E-state index contributed by atoms with van der Waals surface area (Å²) < 4.78 is 0.760. The number of carbonyl (C=O) groups is 1. The Labute approximate surface area is 126 Å². The Morgan fingerprint density at radius 1 is 1.21 bits per heavy atom. The molecule has 2 heteroatoms. The van der Waals surface area contributed by atoms with E-state index in [1.807, 2.05) is 0 Å². The molecular weight excluding hydrogens is 300 g/mol. The Bertz CT molecular complexity index is 352. The quantitative estimate of drug-likeness (QED) is 0.407. The predicted molar refractivity (Wildman–Crippen MR) is 86.4 cm³/mol. The summed E-state index contributed by atoms with van der Waals surface area (Å²) in [6.07, 6.45) is 13.2. The van der Waals surface area contributed by atoms with Crippen LogP contribution in [0.2, 0.25) is 0 Å². The molecule has 19 heavy (non-hydrogen) atoms. The summed E-state index contributed by atoms with van der Waals surface area (Å²) in [5.74, 6) is 0.984. The molecule has 1 rings (SSSR count). The van der Waals surface area contributed by atoms with Crippen molar-refractivity contribution < 1.29 is 4.79 Å². The minimum Gasteiger partial charge on any atom is -0.288 e. The number of halogens is 1. The van der Waals surface area contributed by atoms with E-state index in [0.717, 1.165) is 16.5 Å². The molecule has 1 aliphatic rings. The first kappa shape index (κ1) is 16.7. The van der Waals surface area contributed by atoms with Crippen molar-refractivity contribution in [3.8, 4) is 0 Å². The first-order valence-electron chi connectivity index (χ1n) is 7.70. The van der Waals surface area contributed by atoms with E-state index < -0.39 is 0 Å². The van der Waals surface area contributed by atoms with Crippen LogP contribution in [0.1, 0.15) is 65.7 Å². The van der Waals surface area contributed by atoms with Gasteiger partial charge in [-0.2, -0.15) is 0 Å². The van der Waals surface area contributed by atoms with Crippen molar-refractivity contribution in [2.75, 3.05) is 0 Å². The molecule has 0 aromatic carbocycles. The Hall–Kier alpha value is -0.370. The molecule has 0 amide bonds. The number of ketones is 1. The molecule has 108 valence electrons. The lowest BCUT2D eigenvalue weighted by atomic mass is 9.93. The van der Waals surface area contributed by atoms with Gasteiger partial charge in [0, 0.05) is 11.5 Å². The fourth-order valence-electron chi connectivity index (χ4n) is 2.59. The molecule has 0 heterocycles. The zero-order valence-corrected chi connectivity index (χ0v) is 14.1. The summed E-state index contributed by atoms with van der Waals surface area (Å²) in [6.45, 7) is 6.51. The van der Waals surface area contributed by atoms with E-state index in [0.29, 0.717) is 11.8 Å². The first-order valence-corrected chi connectivity index (χ1v) is 8.49. The highest BCUT2D eigenvalue weighted by Gasteiger charge is 2.28. The number of unbranched alkanes of at least 4 members (excludes halogenated alkanes) is 5. The van der Waals surface area contributed by atoms with Crippen LogP contribution in [0.4, 0.5) is 0 Å². The summed E-state index contributed by atoms with van der Waals surface area (Å²) >= 11 is 3.39. The van der Waals surface area contributed by atoms with E-state index in [2.05, 4.69) is 48.9 Å². The average Bonchev–Trinajstić information content (AvgIpc) is 2.61. The molecule has 1 nitrogen and oxygen atoms in total. The summed E-state index contributed by atoms with van der Waals surface area (Å²) in [7, 11) is 0. The molecule has 1 unspecified atom stereocenters. The van der Waals surface area contributed by atoms with Crippen LogP contribution in [0.5, 0.6) is 0 Å². The van der Waals surface area contributed by atoms with Gasteiger partial charge in [0.15, 0.2) is 5.78 Å². The Kier molecular flexibility index (Phi) is 7.67. The highest BCUT2D eigenvalue weighted by atomic mass is 79.9. The van der Waals surface area contributed by atoms with Crippen molar-refractivity contribution in [3.63, 3.8) is 0 Å². The molecule has 0 fully saturated rings. The van der Waals surface area contributed by atoms with Gasteiger partial charge in [-0.15, -0.1) is 0 Å². The van der Waals surface area contributed by atoms with Crippen molar-refractivity contribution in [2.45, 2.75) is 65.7 Å². The Balaban J connectivity index is 2.41. The lowest BCUT2D eigenvalue weighted by Crippen LogP contribution is -2.05. The second-order valence-electron chi connectivity index (χ2n) is 5.87. The fraction of sp³-hybridized carbons (Fsp3) is 0.706. The number of allylic oxidation sites excluding steroid dienone is 4. The van der Waals surface area contributed by atoms with Gasteiger partial charge in [-0.1, -0.05) is 71.4 Å². The second-order valence-corrected chi connectivity index (χ2v) is 6.73. The molecule has 1 aliphatic carbocycles. The number of rotatable bonds is 8. The number of carbonyl (C=O) groups excluding carboxylic acids is 1. The minimum atomic E-state index is 0.199. The standard InChI is InChI=1S/C17H27BrO/c1-4-5-6-7-8-9-10-14-12-16(18)17(19)15(14)11-13(2)3/h11-14H,4-10H2,1-3H3/b15-11+. The maximum Gasteiger partial charge on any atom is 0.195 e. The van der Waals surface area contributed by atoms with Crippen LogP contribution in [0, 0.1) is 11.8 Å². The van der Waals surface area contributed by atoms with E-state index in [9.17, 15) is 4.79 Å². The van der Waals surface area contributed by atoms with Gasteiger partial charge in [0.05, 0.1) is 4.48 Å². The van der Waals surface area contributed by atoms with Crippen molar-refractivity contribution >= 4 is 21.7 Å². The largest absolute Gasteiger partial charge is 0.288 e. The second kappa shape index (κ2) is 8.73. The molecule has 0 saturated heterocycles. The van der Waals surface area contributed by atoms with Gasteiger partial charge in [0.25, 0.3) is 0 Å². The lowest BCUT2D eigenvalue weighted by Gasteiger charge is -2.11. The normalized spacial score (nSPS) is 21.5. The zero-order valence-electron chi connectivity index (χ0n) is 12.5. The predicted octanol–water partition coefficient (Wildman–Crippen LogP) is 5.80. The van der Waals surface area contributed by atoms with Crippen molar-refractivity contribution in [1.29, 1.82) is 0 Å². The molecule has 0 bridgehead atoms. The zero-order chi connectivity index (χ0) is 14.3. The summed E-state index contributed by atoms with van der Waals surface area (Å²) in [4.78, 5) is 12.0. The number of hydrogen-bond acceptors (Lipinski definition) is 1. The summed E-state index contributed by atoms with van der Waals surface area (Å²) in [5.41, 5.74) is 1.01. The lowest BCUT2D eigenvalue weighted by molar-refractivity contribution is -0.111. The van der Waals surface area contributed by atoms with Crippen molar-refractivity contribution in [3.05, 3.63) is 22.2 Å². The molecule has 0 saturated carbocycles. The van der Waals surface area contributed by atoms with Crippen LogP contribution in [-0.4, -0.2) is 5.78 Å². The molecule has 0 aromatic rings. The van der Waals surface area contributed by atoms with Crippen LogP contribution in [-0.2, 0) is 4.79 Å². The van der Waals surface area contributed by atoms with Gasteiger partial charge in [-0.05, 0) is 28.3 Å². The monoisotopic (exact) mass is 326 g/mol. The van der Waals surface area contributed by atoms with Gasteiger partial charge in [0.2, 0.25) is 0 Å². The molecule has 0 spiro atoms. The molecule has 1 atom stereocenters. The van der Waals surface area contributed by atoms with Gasteiger partial charge < -0.3 is 0 Å². The van der Waals surface area contributed by atoms with Crippen LogP contribution in [0.25, 0.3) is 0 Å². The van der Waals surface area contributed by atoms with Crippen LogP contribution < -0.4 is 0 Å². The van der Waals surface area contributed by atoms with Gasteiger partial charge in [0.1, 0.15) is 0 Å². The van der Waals surface area contributed by atoms with Crippen LogP contribution >= 0.6 is 15.9 Å². The van der Waals surface area contributed by atoms with E-state index in [1.54, 1.807) is 0 Å². The van der Waals surface area contributed by atoms with Crippen molar-refractivity contribution in [2.24, 2.45) is 11.8 Å². The molecule has 0 N–H and O–H groups in total. The maximum absolute atomic E-state index is 12.0. The van der Waals surface area contributed by atoms with E-state index in [1.165, 1.54) is 38.5 Å². The van der Waals surface area contributed by atoms with E-state index in [-0.39, 0.29) is 5.78 Å². The van der Waals surface area contributed by atoms with Gasteiger partial charge in [-0.25, -0.2) is 0 Å². The Morgan fingerprint density at radius 3 is 2.47 bits per heavy atom. The third-order valence-corrected chi connectivity index (χ3v) is 4.23. The SMILES string of the molecule is CCCCCCCCC1C=C(Br)C(=O)/C1=C/C(C)C. The fourth-order valence-corrected chi connectivity index (χ4v) is 3.14. The maximum atomic E-state index is 12.0. The van der Waals surface area contributed by atoms with Crippen LogP contribution in [0.3, 0.4) is 0 Å². The third kappa shape index (κ3) is 5.64. The summed E-state index contributed by atoms with van der Waals surface area (Å²) in [5, 5.41) is 0. The minimum absolute atomic E-state index is 0.199.